The number of hydrogen-bond donors (Lipinski definition) is 1. The molecule has 0 spiro atoms. The Kier molecular flexibility index (Phi) is 5.10. The predicted molar refractivity (Wildman–Crippen MR) is 96.5 cm³/mol. The highest BCUT2D eigenvalue weighted by Crippen LogP contribution is 2.42. The monoisotopic (exact) mass is 379 g/mol. The molecule has 1 heterocycles. The Balaban J connectivity index is 1.89. The van der Waals surface area contributed by atoms with Gasteiger partial charge in [0, 0.05) is 13.1 Å². The molecule has 1 saturated heterocycles. The summed E-state index contributed by atoms with van der Waals surface area (Å²) in [5.41, 5.74) is 0.964. The van der Waals surface area contributed by atoms with Crippen molar-refractivity contribution in [2.75, 3.05) is 13.1 Å². The molecule has 0 unspecified atom stereocenters. The van der Waals surface area contributed by atoms with Gasteiger partial charge in [0.1, 0.15) is 0 Å². The van der Waals surface area contributed by atoms with Gasteiger partial charge in [0.05, 0.1) is 10.8 Å². The summed E-state index contributed by atoms with van der Waals surface area (Å²) in [7, 11) is -3.80. The third-order valence-corrected chi connectivity index (χ3v) is 8.28. The molecule has 142 valence electrons. The predicted octanol–water partition coefficient (Wildman–Crippen LogP) is 2.40. The van der Waals surface area contributed by atoms with E-state index in [1.807, 2.05) is 6.92 Å². The maximum absolute atomic E-state index is 13.4. The van der Waals surface area contributed by atoms with Crippen LogP contribution in [0.3, 0.4) is 0 Å². The number of amides is 1. The van der Waals surface area contributed by atoms with Gasteiger partial charge in [0.2, 0.25) is 5.91 Å². The molecular formula is C19H25NO5S. The average molecular weight is 379 g/mol. The number of hydrogen-bond acceptors (Lipinski definition) is 4. The number of carbonyl (C=O) groups excluding carboxylic acids is 1. The summed E-state index contributed by atoms with van der Waals surface area (Å²) in [5.74, 6) is -1.65. The van der Waals surface area contributed by atoms with Gasteiger partial charge >= 0.3 is 5.97 Å². The second kappa shape index (κ2) is 7.02. The Hall–Kier alpha value is -1.89. The van der Waals surface area contributed by atoms with Crippen LogP contribution in [0.1, 0.15) is 44.1 Å². The van der Waals surface area contributed by atoms with Crippen LogP contribution in [0, 0.1) is 12.8 Å². The number of carboxylic acids is 1. The van der Waals surface area contributed by atoms with Crippen LogP contribution in [0.5, 0.6) is 0 Å². The van der Waals surface area contributed by atoms with Crippen LogP contribution in [-0.2, 0) is 19.4 Å². The molecule has 0 bridgehead atoms. The zero-order valence-corrected chi connectivity index (χ0v) is 15.8. The van der Waals surface area contributed by atoms with E-state index in [0.29, 0.717) is 51.6 Å². The van der Waals surface area contributed by atoms with Crippen molar-refractivity contribution in [3.63, 3.8) is 0 Å². The zero-order chi connectivity index (χ0) is 18.9. The lowest BCUT2D eigenvalue weighted by molar-refractivity contribution is -0.146. The Bertz CT molecular complexity index is 786. The molecular weight excluding hydrogens is 354 g/mol. The summed E-state index contributed by atoms with van der Waals surface area (Å²) in [6.45, 7) is 2.50. The third kappa shape index (κ3) is 3.13. The lowest BCUT2D eigenvalue weighted by Crippen LogP contribution is -2.54. The summed E-state index contributed by atoms with van der Waals surface area (Å²) in [5, 5.41) is 9.13. The summed E-state index contributed by atoms with van der Waals surface area (Å²) in [4.78, 5) is 26.2. The molecule has 2 fully saturated rings. The Morgan fingerprint density at radius 1 is 1.08 bits per heavy atom. The van der Waals surface area contributed by atoms with E-state index < -0.39 is 26.5 Å². The number of sulfone groups is 1. The number of carbonyl (C=O) groups is 2. The standard InChI is InChI=1S/C19H25NO5S/c1-14-4-6-16(7-5-14)26(24,25)19(10-2-3-11-19)18(23)20-12-8-15(9-13-20)17(21)22/h4-7,15H,2-3,8-13H2,1H3,(H,21,22). The van der Waals surface area contributed by atoms with Gasteiger partial charge in [-0.1, -0.05) is 30.5 Å². The fraction of sp³-hybridized carbons (Fsp3) is 0.579. The highest BCUT2D eigenvalue weighted by atomic mass is 32.2. The van der Waals surface area contributed by atoms with E-state index in [1.54, 1.807) is 29.2 Å². The van der Waals surface area contributed by atoms with Crippen LogP contribution >= 0.6 is 0 Å². The van der Waals surface area contributed by atoms with E-state index >= 15 is 0 Å². The minimum absolute atomic E-state index is 0.193. The van der Waals surface area contributed by atoms with Crippen LogP contribution in [0.2, 0.25) is 0 Å². The van der Waals surface area contributed by atoms with E-state index in [2.05, 4.69) is 0 Å². The Morgan fingerprint density at radius 2 is 1.62 bits per heavy atom. The summed E-state index contributed by atoms with van der Waals surface area (Å²) in [6, 6.07) is 6.65. The summed E-state index contributed by atoms with van der Waals surface area (Å²) < 4.78 is 25.4. The van der Waals surface area contributed by atoms with Crippen molar-refractivity contribution in [3.05, 3.63) is 29.8 Å². The molecule has 0 atom stereocenters. The fourth-order valence-corrected chi connectivity index (χ4v) is 6.24. The molecule has 6 nitrogen and oxygen atoms in total. The first-order valence-corrected chi connectivity index (χ1v) is 10.6. The number of likely N-dealkylation sites (tertiary alicyclic amines) is 1. The lowest BCUT2D eigenvalue weighted by atomic mass is 9.95. The smallest absolute Gasteiger partial charge is 0.306 e. The molecule has 2 aliphatic rings. The Morgan fingerprint density at radius 3 is 2.12 bits per heavy atom. The van der Waals surface area contributed by atoms with Crippen LogP contribution in [0.15, 0.2) is 29.2 Å². The van der Waals surface area contributed by atoms with Crippen molar-refractivity contribution in [2.24, 2.45) is 5.92 Å². The normalized spacial score (nSPS) is 20.9. The lowest BCUT2D eigenvalue weighted by Gasteiger charge is -2.37. The molecule has 1 aromatic rings. The van der Waals surface area contributed by atoms with E-state index in [4.69, 9.17) is 5.11 Å². The maximum Gasteiger partial charge on any atom is 0.306 e. The van der Waals surface area contributed by atoms with Gasteiger partial charge in [-0.2, -0.15) is 0 Å². The van der Waals surface area contributed by atoms with Crippen molar-refractivity contribution in [3.8, 4) is 0 Å². The molecule has 1 aliphatic carbocycles. The highest BCUT2D eigenvalue weighted by molar-refractivity contribution is 7.93. The molecule has 7 heteroatoms. The van der Waals surface area contributed by atoms with Gasteiger partial charge in [-0.3, -0.25) is 9.59 Å². The van der Waals surface area contributed by atoms with Gasteiger partial charge in [-0.15, -0.1) is 0 Å². The number of aliphatic carboxylic acids is 1. The van der Waals surface area contributed by atoms with Crippen LogP contribution in [-0.4, -0.2) is 48.1 Å². The van der Waals surface area contributed by atoms with Gasteiger partial charge < -0.3 is 10.0 Å². The number of carboxylic acid groups (broad SMARTS) is 1. The third-order valence-electron chi connectivity index (χ3n) is 5.78. The van der Waals surface area contributed by atoms with Gasteiger partial charge in [0.25, 0.3) is 0 Å². The summed E-state index contributed by atoms with van der Waals surface area (Å²) >= 11 is 0. The first-order chi connectivity index (χ1) is 12.3. The fourth-order valence-electron chi connectivity index (χ4n) is 4.10. The first-order valence-electron chi connectivity index (χ1n) is 9.11. The van der Waals surface area contributed by atoms with Crippen molar-refractivity contribution in [1.82, 2.24) is 4.90 Å². The minimum Gasteiger partial charge on any atom is -0.481 e. The zero-order valence-electron chi connectivity index (χ0n) is 15.0. The van der Waals surface area contributed by atoms with Crippen LogP contribution < -0.4 is 0 Å². The van der Waals surface area contributed by atoms with Gasteiger partial charge in [0.15, 0.2) is 14.6 Å². The number of nitrogens with zero attached hydrogens (tertiary/aromatic N) is 1. The molecule has 1 amide bonds. The largest absolute Gasteiger partial charge is 0.481 e. The summed E-state index contributed by atoms with van der Waals surface area (Å²) in [6.07, 6.45) is 2.84. The number of rotatable bonds is 4. The topological polar surface area (TPSA) is 91.8 Å². The second-order valence-electron chi connectivity index (χ2n) is 7.42. The highest BCUT2D eigenvalue weighted by Gasteiger charge is 2.54. The van der Waals surface area contributed by atoms with Crippen LogP contribution in [0.25, 0.3) is 0 Å². The van der Waals surface area contributed by atoms with E-state index in [-0.39, 0.29) is 10.8 Å². The minimum atomic E-state index is -3.80. The van der Waals surface area contributed by atoms with E-state index in [1.165, 1.54) is 0 Å². The maximum atomic E-state index is 13.4. The molecule has 1 N–H and O–H groups in total. The van der Waals surface area contributed by atoms with E-state index in [9.17, 15) is 18.0 Å². The Labute approximate surface area is 154 Å². The van der Waals surface area contributed by atoms with Crippen LogP contribution in [0.4, 0.5) is 0 Å². The SMILES string of the molecule is Cc1ccc(S(=O)(=O)C2(C(=O)N3CCC(C(=O)O)CC3)CCCC2)cc1. The van der Waals surface area contributed by atoms with E-state index in [0.717, 1.165) is 5.56 Å². The molecule has 1 aromatic carbocycles. The second-order valence-corrected chi connectivity index (χ2v) is 9.68. The molecule has 0 aromatic heterocycles. The molecule has 1 aliphatic heterocycles. The molecule has 26 heavy (non-hydrogen) atoms. The number of benzene rings is 1. The number of aryl methyl sites for hydroxylation is 1. The van der Waals surface area contributed by atoms with Crippen molar-refractivity contribution in [1.29, 1.82) is 0 Å². The van der Waals surface area contributed by atoms with Crippen molar-refractivity contribution >= 4 is 21.7 Å². The van der Waals surface area contributed by atoms with Gasteiger partial charge in [-0.25, -0.2) is 8.42 Å². The average Bonchev–Trinajstić information content (AvgIpc) is 3.13. The van der Waals surface area contributed by atoms with Crippen molar-refractivity contribution in [2.45, 2.75) is 55.1 Å². The number of piperidine rings is 1. The van der Waals surface area contributed by atoms with Gasteiger partial charge in [-0.05, 0) is 44.7 Å². The quantitative estimate of drug-likeness (QED) is 0.867. The van der Waals surface area contributed by atoms with Crippen molar-refractivity contribution < 1.29 is 23.1 Å². The molecule has 3 rings (SSSR count). The first kappa shape index (κ1) is 18.9. The molecule has 0 radical (unpaired) electrons. The molecule has 1 saturated carbocycles.